The minimum atomic E-state index is 0.571. The lowest BCUT2D eigenvalue weighted by Crippen LogP contribution is -2.12. The summed E-state index contributed by atoms with van der Waals surface area (Å²) in [6.07, 6.45) is 0. The first-order chi connectivity index (χ1) is 13.3. The van der Waals surface area contributed by atoms with E-state index in [4.69, 9.17) is 9.15 Å². The van der Waals surface area contributed by atoms with Crippen LogP contribution in [0.1, 0.15) is 22.6 Å². The van der Waals surface area contributed by atoms with Gasteiger partial charge in [-0.05, 0) is 42.3 Å². The first-order valence-electron chi connectivity index (χ1n) is 9.09. The summed E-state index contributed by atoms with van der Waals surface area (Å²) >= 11 is 0. The number of ether oxygens (including phenoxy) is 1. The van der Waals surface area contributed by atoms with Gasteiger partial charge < -0.3 is 14.5 Å². The van der Waals surface area contributed by atoms with E-state index in [1.165, 1.54) is 11.1 Å². The summed E-state index contributed by atoms with van der Waals surface area (Å²) < 4.78 is 11.7. The molecule has 3 aromatic carbocycles. The van der Waals surface area contributed by atoms with E-state index in [1.807, 2.05) is 36.4 Å². The average molecular weight is 358 g/mol. The van der Waals surface area contributed by atoms with Crippen LogP contribution >= 0.6 is 0 Å². The van der Waals surface area contributed by atoms with Crippen LogP contribution in [0.4, 0.5) is 0 Å². The molecule has 0 aliphatic heterocycles. The molecule has 0 saturated heterocycles. The van der Waals surface area contributed by atoms with Crippen molar-refractivity contribution in [2.24, 2.45) is 0 Å². The summed E-state index contributed by atoms with van der Waals surface area (Å²) in [6.45, 7) is 3.97. The van der Waals surface area contributed by atoms with Gasteiger partial charge in [-0.1, -0.05) is 54.1 Å². The minimum absolute atomic E-state index is 0.571. The molecular weight excluding hydrogens is 336 g/mol. The third kappa shape index (κ3) is 4.54. The molecule has 0 saturated carbocycles. The Morgan fingerprint density at radius 1 is 0.889 bits per heavy atom. The summed E-state index contributed by atoms with van der Waals surface area (Å²) in [7, 11) is 0. The second-order valence-corrected chi connectivity index (χ2v) is 6.60. The van der Waals surface area contributed by atoms with E-state index in [1.54, 1.807) is 0 Å². The summed E-state index contributed by atoms with van der Waals surface area (Å²) in [4.78, 5) is 4.48. The maximum Gasteiger partial charge on any atom is 0.209 e. The molecule has 0 aliphatic carbocycles. The molecule has 1 heterocycles. The molecular formula is C23H22N2O2. The molecule has 0 aliphatic rings. The molecule has 0 amide bonds. The Balaban J connectivity index is 1.32. The van der Waals surface area contributed by atoms with Gasteiger partial charge >= 0.3 is 0 Å². The topological polar surface area (TPSA) is 47.3 Å². The highest BCUT2D eigenvalue weighted by molar-refractivity contribution is 5.72. The molecule has 4 rings (SSSR count). The maximum absolute atomic E-state index is 5.93. The largest absolute Gasteiger partial charge is 0.489 e. The van der Waals surface area contributed by atoms with Gasteiger partial charge in [0.2, 0.25) is 5.89 Å². The number of hydrogen-bond acceptors (Lipinski definition) is 4. The van der Waals surface area contributed by atoms with Crippen LogP contribution in [-0.2, 0) is 19.7 Å². The van der Waals surface area contributed by atoms with Gasteiger partial charge in [0, 0.05) is 6.54 Å². The van der Waals surface area contributed by atoms with Crippen molar-refractivity contribution in [3.8, 4) is 5.75 Å². The average Bonchev–Trinajstić information content (AvgIpc) is 3.10. The Hall–Kier alpha value is -3.11. The minimum Gasteiger partial charge on any atom is -0.489 e. The fourth-order valence-electron chi connectivity index (χ4n) is 3.02. The SMILES string of the molecule is Cc1cccc(COc2cccc(CNCc3nc4ccccc4o3)c2)c1. The van der Waals surface area contributed by atoms with Gasteiger partial charge in [-0.25, -0.2) is 4.98 Å². The molecule has 136 valence electrons. The molecule has 27 heavy (non-hydrogen) atoms. The molecule has 1 N–H and O–H groups in total. The zero-order valence-corrected chi connectivity index (χ0v) is 15.3. The molecule has 1 aromatic heterocycles. The Morgan fingerprint density at radius 2 is 1.74 bits per heavy atom. The van der Waals surface area contributed by atoms with E-state index >= 15 is 0 Å². The number of rotatable bonds is 7. The summed E-state index contributed by atoms with van der Waals surface area (Å²) in [5, 5.41) is 3.38. The first-order valence-corrected chi connectivity index (χ1v) is 9.09. The highest BCUT2D eigenvalue weighted by Gasteiger charge is 2.05. The van der Waals surface area contributed by atoms with Crippen LogP contribution in [0.15, 0.2) is 77.2 Å². The number of nitrogens with zero attached hydrogens (tertiary/aromatic N) is 1. The molecule has 0 atom stereocenters. The van der Waals surface area contributed by atoms with Crippen molar-refractivity contribution in [3.05, 3.63) is 95.4 Å². The van der Waals surface area contributed by atoms with Crippen molar-refractivity contribution in [1.29, 1.82) is 0 Å². The first kappa shape index (κ1) is 17.3. The number of aryl methyl sites for hydroxylation is 1. The predicted molar refractivity (Wildman–Crippen MR) is 107 cm³/mol. The summed E-state index contributed by atoms with van der Waals surface area (Å²) in [5.41, 5.74) is 5.29. The normalized spacial score (nSPS) is 11.0. The predicted octanol–water partition coefficient (Wildman–Crippen LogP) is 5.01. The Bertz CT molecular complexity index is 1010. The van der Waals surface area contributed by atoms with E-state index in [2.05, 4.69) is 53.6 Å². The third-order valence-electron chi connectivity index (χ3n) is 4.33. The van der Waals surface area contributed by atoms with E-state index in [9.17, 15) is 0 Å². The second kappa shape index (κ2) is 8.06. The van der Waals surface area contributed by atoms with Gasteiger partial charge in [0.05, 0.1) is 6.54 Å². The summed E-state index contributed by atoms with van der Waals surface area (Å²) in [6, 6.07) is 24.3. The maximum atomic E-state index is 5.93. The van der Waals surface area contributed by atoms with Gasteiger partial charge in [0.15, 0.2) is 5.58 Å². The number of fused-ring (bicyclic) bond motifs is 1. The quantitative estimate of drug-likeness (QED) is 0.505. The fourth-order valence-corrected chi connectivity index (χ4v) is 3.02. The molecule has 0 spiro atoms. The van der Waals surface area contributed by atoms with Crippen LogP contribution in [0.5, 0.6) is 5.75 Å². The number of nitrogens with one attached hydrogen (secondary N) is 1. The highest BCUT2D eigenvalue weighted by Crippen LogP contribution is 2.17. The van der Waals surface area contributed by atoms with E-state index in [-0.39, 0.29) is 0 Å². The lowest BCUT2D eigenvalue weighted by molar-refractivity contribution is 0.305. The van der Waals surface area contributed by atoms with Crippen LogP contribution in [0.25, 0.3) is 11.1 Å². The van der Waals surface area contributed by atoms with Crippen molar-refractivity contribution in [2.45, 2.75) is 26.6 Å². The van der Waals surface area contributed by atoms with Crippen molar-refractivity contribution in [2.75, 3.05) is 0 Å². The van der Waals surface area contributed by atoms with Crippen molar-refractivity contribution in [1.82, 2.24) is 10.3 Å². The van der Waals surface area contributed by atoms with Crippen LogP contribution in [0.2, 0.25) is 0 Å². The van der Waals surface area contributed by atoms with Gasteiger partial charge in [0.1, 0.15) is 17.9 Å². The van der Waals surface area contributed by atoms with E-state index in [0.29, 0.717) is 19.0 Å². The second-order valence-electron chi connectivity index (χ2n) is 6.60. The summed E-state index contributed by atoms with van der Waals surface area (Å²) in [5.74, 6) is 1.57. The monoisotopic (exact) mass is 358 g/mol. The Morgan fingerprint density at radius 3 is 2.63 bits per heavy atom. The fraction of sp³-hybridized carbons (Fsp3) is 0.174. The number of oxazole rings is 1. The molecule has 0 bridgehead atoms. The van der Waals surface area contributed by atoms with Crippen LogP contribution in [-0.4, -0.2) is 4.98 Å². The van der Waals surface area contributed by atoms with Crippen LogP contribution < -0.4 is 10.1 Å². The molecule has 4 heteroatoms. The van der Waals surface area contributed by atoms with E-state index in [0.717, 1.165) is 29.0 Å². The van der Waals surface area contributed by atoms with Gasteiger partial charge in [-0.3, -0.25) is 0 Å². The highest BCUT2D eigenvalue weighted by atomic mass is 16.5. The third-order valence-corrected chi connectivity index (χ3v) is 4.33. The lowest BCUT2D eigenvalue weighted by atomic mass is 10.1. The number of hydrogen-bond donors (Lipinski definition) is 1. The zero-order chi connectivity index (χ0) is 18.5. The van der Waals surface area contributed by atoms with Crippen molar-refractivity contribution >= 4 is 11.1 Å². The number of benzene rings is 3. The van der Waals surface area contributed by atoms with Gasteiger partial charge in [-0.15, -0.1) is 0 Å². The van der Waals surface area contributed by atoms with Gasteiger partial charge in [0.25, 0.3) is 0 Å². The van der Waals surface area contributed by atoms with Crippen LogP contribution in [0.3, 0.4) is 0 Å². The van der Waals surface area contributed by atoms with Gasteiger partial charge in [-0.2, -0.15) is 0 Å². The number of para-hydroxylation sites is 2. The number of aromatic nitrogens is 1. The molecule has 0 radical (unpaired) electrons. The molecule has 0 unspecified atom stereocenters. The standard InChI is InChI=1S/C23H22N2O2/c1-17-6-4-8-19(12-17)16-26-20-9-5-7-18(13-20)14-24-15-23-25-21-10-2-3-11-22(21)27-23/h2-13,24H,14-16H2,1H3. The van der Waals surface area contributed by atoms with E-state index < -0.39 is 0 Å². The Labute approximate surface area is 158 Å². The Kier molecular flexibility index (Phi) is 5.17. The van der Waals surface area contributed by atoms with Crippen molar-refractivity contribution < 1.29 is 9.15 Å². The lowest BCUT2D eigenvalue weighted by Gasteiger charge is -2.09. The van der Waals surface area contributed by atoms with Crippen molar-refractivity contribution in [3.63, 3.8) is 0 Å². The molecule has 0 fully saturated rings. The smallest absolute Gasteiger partial charge is 0.209 e. The molecule has 4 nitrogen and oxygen atoms in total. The molecule has 4 aromatic rings. The van der Waals surface area contributed by atoms with Crippen LogP contribution in [0, 0.1) is 6.92 Å². The zero-order valence-electron chi connectivity index (χ0n) is 15.3.